The highest BCUT2D eigenvalue weighted by molar-refractivity contribution is 6.15. The van der Waals surface area contributed by atoms with Crippen LogP contribution in [0.2, 0.25) is 0 Å². The Morgan fingerprint density at radius 2 is 1.62 bits per heavy atom. The van der Waals surface area contributed by atoms with Gasteiger partial charge in [0.1, 0.15) is 22.8 Å². The molecule has 0 bridgehead atoms. The third-order valence-corrected chi connectivity index (χ3v) is 6.64. The lowest BCUT2D eigenvalue weighted by atomic mass is 10.0. The molecule has 0 amide bonds. The van der Waals surface area contributed by atoms with E-state index in [1.807, 2.05) is 30.3 Å². The van der Waals surface area contributed by atoms with Crippen LogP contribution in [0.25, 0.3) is 17.0 Å². The lowest BCUT2D eigenvalue weighted by Crippen LogP contribution is -2.46. The van der Waals surface area contributed by atoms with E-state index in [0.717, 1.165) is 63.6 Å². The van der Waals surface area contributed by atoms with Gasteiger partial charge in [-0.2, -0.15) is 0 Å². The number of hydrogen-bond donors (Lipinski definition) is 2. The summed E-state index contributed by atoms with van der Waals surface area (Å²) in [6.45, 7) is 7.78. The predicted molar refractivity (Wildman–Crippen MR) is 138 cm³/mol. The number of allylic oxidation sites excluding steroid dienone is 1. The Balaban J connectivity index is 0.000000412. The molecule has 4 heterocycles. The molecule has 0 radical (unpaired) electrons. The van der Waals surface area contributed by atoms with Gasteiger partial charge in [-0.15, -0.1) is 0 Å². The molecule has 2 fully saturated rings. The number of para-hydroxylation sites is 1. The number of rotatable bonds is 5. The number of fused-ring (bicyclic) bond motifs is 2. The SMILES string of the molecule is C1COCCO1.O=C1C(=Cc2cc3ccccc3o2)Oc2c1ccc(O)c2CN1CCN(CCO)CC1. The summed E-state index contributed by atoms with van der Waals surface area (Å²) in [5.41, 5.74) is 1.82. The van der Waals surface area contributed by atoms with E-state index in [-0.39, 0.29) is 23.9 Å². The molecular formula is C28H32N2O7. The molecule has 0 aliphatic carbocycles. The number of carbonyl (C=O) groups is 1. The van der Waals surface area contributed by atoms with Crippen LogP contribution in [0.15, 0.2) is 52.6 Å². The average molecular weight is 509 g/mol. The van der Waals surface area contributed by atoms with Crippen molar-refractivity contribution in [1.29, 1.82) is 0 Å². The van der Waals surface area contributed by atoms with Crippen molar-refractivity contribution >= 4 is 22.8 Å². The van der Waals surface area contributed by atoms with Crippen LogP contribution in [0, 0.1) is 0 Å². The molecule has 0 saturated carbocycles. The van der Waals surface area contributed by atoms with Crippen LogP contribution in [0.3, 0.4) is 0 Å². The van der Waals surface area contributed by atoms with E-state index in [2.05, 4.69) is 9.80 Å². The van der Waals surface area contributed by atoms with Gasteiger partial charge in [0.2, 0.25) is 5.78 Å². The molecule has 3 aromatic rings. The molecule has 37 heavy (non-hydrogen) atoms. The Bertz CT molecular complexity index is 1210. The van der Waals surface area contributed by atoms with E-state index in [9.17, 15) is 9.90 Å². The second-order valence-electron chi connectivity index (χ2n) is 9.13. The first-order valence-electron chi connectivity index (χ1n) is 12.6. The summed E-state index contributed by atoms with van der Waals surface area (Å²) in [6, 6.07) is 12.7. The van der Waals surface area contributed by atoms with Crippen molar-refractivity contribution in [2.24, 2.45) is 0 Å². The van der Waals surface area contributed by atoms with Gasteiger partial charge in [0, 0.05) is 50.7 Å². The van der Waals surface area contributed by atoms with Gasteiger partial charge in [0.15, 0.2) is 5.76 Å². The van der Waals surface area contributed by atoms with Crippen molar-refractivity contribution in [2.75, 3.05) is 65.8 Å². The number of aliphatic hydroxyl groups is 1. The highest BCUT2D eigenvalue weighted by atomic mass is 16.6. The van der Waals surface area contributed by atoms with Crippen LogP contribution >= 0.6 is 0 Å². The van der Waals surface area contributed by atoms with Crippen LogP contribution < -0.4 is 4.74 Å². The van der Waals surface area contributed by atoms with E-state index < -0.39 is 0 Å². The van der Waals surface area contributed by atoms with Gasteiger partial charge in [0.05, 0.1) is 44.2 Å². The van der Waals surface area contributed by atoms with Gasteiger partial charge in [-0.25, -0.2) is 0 Å². The van der Waals surface area contributed by atoms with Gasteiger partial charge in [-0.05, 0) is 24.3 Å². The molecule has 9 nitrogen and oxygen atoms in total. The number of benzene rings is 2. The third-order valence-electron chi connectivity index (χ3n) is 6.64. The Kier molecular flexibility index (Phi) is 8.18. The molecule has 2 aromatic carbocycles. The molecule has 9 heteroatoms. The van der Waals surface area contributed by atoms with E-state index in [4.69, 9.17) is 23.7 Å². The third kappa shape index (κ3) is 6.03. The molecule has 3 aliphatic rings. The maximum Gasteiger partial charge on any atom is 0.232 e. The maximum absolute atomic E-state index is 12.9. The summed E-state index contributed by atoms with van der Waals surface area (Å²) in [4.78, 5) is 17.4. The number of ketones is 1. The number of hydrogen-bond acceptors (Lipinski definition) is 9. The number of piperazine rings is 1. The molecule has 1 aromatic heterocycles. The second-order valence-corrected chi connectivity index (χ2v) is 9.13. The average Bonchev–Trinajstić information content (AvgIpc) is 3.48. The first kappa shape index (κ1) is 25.4. The van der Waals surface area contributed by atoms with Gasteiger partial charge in [-0.3, -0.25) is 14.6 Å². The molecule has 0 unspecified atom stereocenters. The summed E-state index contributed by atoms with van der Waals surface area (Å²) in [7, 11) is 0. The fourth-order valence-corrected chi connectivity index (χ4v) is 4.63. The van der Waals surface area contributed by atoms with Crippen molar-refractivity contribution in [2.45, 2.75) is 6.54 Å². The molecule has 2 N–H and O–H groups in total. The standard InChI is InChI=1S/C24H24N2O5.C4H8O2/c27-12-11-25-7-9-26(10-8-25)15-19-20(28)6-5-18-23(29)22(31-24(18)19)14-17-13-16-3-1-2-4-21(16)30-17;1-2-6-4-3-5-1/h1-6,13-14,27-28H,7-12,15H2;1-4H2. The lowest BCUT2D eigenvalue weighted by molar-refractivity contribution is -0.0334. The van der Waals surface area contributed by atoms with E-state index in [1.165, 1.54) is 0 Å². The van der Waals surface area contributed by atoms with E-state index in [1.54, 1.807) is 18.2 Å². The van der Waals surface area contributed by atoms with Crippen molar-refractivity contribution in [3.63, 3.8) is 0 Å². The largest absolute Gasteiger partial charge is 0.507 e. The van der Waals surface area contributed by atoms with Crippen LogP contribution in [0.1, 0.15) is 21.7 Å². The number of aliphatic hydroxyl groups excluding tert-OH is 1. The van der Waals surface area contributed by atoms with Gasteiger partial charge >= 0.3 is 0 Å². The minimum atomic E-state index is -0.218. The summed E-state index contributed by atoms with van der Waals surface area (Å²) >= 11 is 0. The normalized spacial score (nSPS) is 19.5. The topological polar surface area (TPSA) is 105 Å². The number of phenols is 1. The van der Waals surface area contributed by atoms with Gasteiger partial charge in [-0.1, -0.05) is 18.2 Å². The fourth-order valence-electron chi connectivity index (χ4n) is 4.63. The molecule has 0 atom stereocenters. The van der Waals surface area contributed by atoms with Gasteiger partial charge < -0.3 is 28.8 Å². The summed E-state index contributed by atoms with van der Waals surface area (Å²) in [5, 5.41) is 20.6. The van der Waals surface area contributed by atoms with Crippen molar-refractivity contribution in [3.8, 4) is 11.5 Å². The molecule has 6 rings (SSSR count). The Hall–Kier alpha value is -3.21. The molecule has 3 aliphatic heterocycles. The predicted octanol–water partition coefficient (Wildman–Crippen LogP) is 2.90. The zero-order valence-corrected chi connectivity index (χ0v) is 20.7. The monoisotopic (exact) mass is 508 g/mol. The zero-order valence-electron chi connectivity index (χ0n) is 20.7. The Morgan fingerprint density at radius 3 is 2.30 bits per heavy atom. The van der Waals surface area contributed by atoms with Crippen molar-refractivity contribution < 1.29 is 33.6 Å². The number of Topliss-reactive ketones (excluding diaryl/α,β-unsaturated/α-hetero) is 1. The summed E-state index contributed by atoms with van der Waals surface area (Å²) in [6.07, 6.45) is 1.61. The molecule has 0 spiro atoms. The van der Waals surface area contributed by atoms with Crippen molar-refractivity contribution in [3.05, 3.63) is 65.1 Å². The summed E-state index contributed by atoms with van der Waals surface area (Å²) < 4.78 is 21.6. The first-order valence-corrected chi connectivity index (χ1v) is 12.6. The maximum atomic E-state index is 12.9. The van der Waals surface area contributed by atoms with Crippen molar-refractivity contribution in [1.82, 2.24) is 9.80 Å². The van der Waals surface area contributed by atoms with Crippen LogP contribution in [-0.2, 0) is 16.0 Å². The quantitative estimate of drug-likeness (QED) is 0.504. The minimum Gasteiger partial charge on any atom is -0.507 e. The Labute approximate surface area is 215 Å². The fraction of sp³-hybridized carbons (Fsp3) is 0.393. The Morgan fingerprint density at radius 1 is 0.919 bits per heavy atom. The minimum absolute atomic E-state index is 0.120. The number of β-amino-alcohol motifs (C(OH)–C–C–N with tert-alkyl or cyclic N) is 1. The number of carbonyl (C=O) groups excluding carboxylic acids is 1. The summed E-state index contributed by atoms with van der Waals surface area (Å²) in [5.74, 6) is 1.06. The first-order chi connectivity index (χ1) is 18.1. The zero-order chi connectivity index (χ0) is 25.6. The van der Waals surface area contributed by atoms with E-state index in [0.29, 0.717) is 35.7 Å². The highest BCUT2D eigenvalue weighted by Gasteiger charge is 2.32. The number of aromatic hydroxyl groups is 1. The van der Waals surface area contributed by atoms with Gasteiger partial charge in [0.25, 0.3) is 0 Å². The van der Waals surface area contributed by atoms with Crippen LogP contribution in [0.5, 0.6) is 11.5 Å². The molecule has 196 valence electrons. The molecule has 2 saturated heterocycles. The lowest BCUT2D eigenvalue weighted by Gasteiger charge is -2.34. The number of phenolic OH excluding ortho intramolecular Hbond substituents is 1. The van der Waals surface area contributed by atoms with Crippen LogP contribution in [0.4, 0.5) is 0 Å². The number of ether oxygens (including phenoxy) is 3. The smallest absolute Gasteiger partial charge is 0.232 e. The highest BCUT2D eigenvalue weighted by Crippen LogP contribution is 2.40. The number of nitrogens with zero attached hydrogens (tertiary/aromatic N) is 2. The van der Waals surface area contributed by atoms with Crippen LogP contribution in [-0.4, -0.2) is 91.6 Å². The molecular weight excluding hydrogens is 476 g/mol. The van der Waals surface area contributed by atoms with E-state index >= 15 is 0 Å². The number of furan rings is 1. The second kappa shape index (κ2) is 11.9.